The first-order chi connectivity index (χ1) is 8.29. The lowest BCUT2D eigenvalue weighted by molar-refractivity contribution is -0.120. The summed E-state index contributed by atoms with van der Waals surface area (Å²) in [6.07, 6.45) is 2.31. The Labute approximate surface area is 100 Å². The van der Waals surface area contributed by atoms with Gasteiger partial charge in [0.05, 0.1) is 11.0 Å². The van der Waals surface area contributed by atoms with Crippen molar-refractivity contribution in [2.45, 2.75) is 26.2 Å². The predicted molar refractivity (Wildman–Crippen MR) is 67.7 cm³/mol. The van der Waals surface area contributed by atoms with E-state index in [2.05, 4.69) is 15.3 Å². The van der Waals surface area contributed by atoms with Crippen molar-refractivity contribution in [1.82, 2.24) is 15.3 Å². The molecule has 0 aliphatic carbocycles. The third kappa shape index (κ3) is 3.06. The standard InChI is InChI=1S/C13H17N3O/c1-2-13(17)14-9-5-8-12-15-10-6-3-4-7-11(10)16-12/h3-4,6-7H,2,5,8-9H2,1H3,(H,14,17)(H,15,16). The van der Waals surface area contributed by atoms with E-state index >= 15 is 0 Å². The number of hydrogen-bond acceptors (Lipinski definition) is 2. The first-order valence-electron chi connectivity index (χ1n) is 6.00. The number of fused-ring (bicyclic) bond motifs is 1. The van der Waals surface area contributed by atoms with Crippen LogP contribution in [0.3, 0.4) is 0 Å². The Morgan fingerprint density at radius 3 is 3.00 bits per heavy atom. The van der Waals surface area contributed by atoms with Crippen molar-refractivity contribution in [3.05, 3.63) is 30.1 Å². The highest BCUT2D eigenvalue weighted by atomic mass is 16.1. The smallest absolute Gasteiger partial charge is 0.219 e. The van der Waals surface area contributed by atoms with E-state index in [4.69, 9.17) is 0 Å². The quantitative estimate of drug-likeness (QED) is 0.773. The van der Waals surface area contributed by atoms with Crippen LogP contribution in [0.2, 0.25) is 0 Å². The van der Waals surface area contributed by atoms with Gasteiger partial charge in [0.2, 0.25) is 5.91 Å². The number of aromatic amines is 1. The van der Waals surface area contributed by atoms with Gasteiger partial charge in [-0.2, -0.15) is 0 Å². The number of amides is 1. The molecule has 1 amide bonds. The largest absolute Gasteiger partial charge is 0.356 e. The summed E-state index contributed by atoms with van der Waals surface area (Å²) >= 11 is 0. The molecule has 1 aromatic carbocycles. The van der Waals surface area contributed by atoms with Gasteiger partial charge >= 0.3 is 0 Å². The molecule has 0 radical (unpaired) electrons. The van der Waals surface area contributed by atoms with E-state index in [0.717, 1.165) is 29.7 Å². The second-order valence-corrected chi connectivity index (χ2v) is 4.01. The number of nitrogens with one attached hydrogen (secondary N) is 2. The van der Waals surface area contributed by atoms with Gasteiger partial charge in [0.15, 0.2) is 0 Å². The topological polar surface area (TPSA) is 57.8 Å². The zero-order chi connectivity index (χ0) is 12.1. The molecule has 4 heteroatoms. The summed E-state index contributed by atoms with van der Waals surface area (Å²) in [6, 6.07) is 7.99. The second kappa shape index (κ2) is 5.48. The van der Waals surface area contributed by atoms with Gasteiger partial charge in [-0.25, -0.2) is 4.98 Å². The Kier molecular flexibility index (Phi) is 3.75. The average molecular weight is 231 g/mol. The van der Waals surface area contributed by atoms with Crippen molar-refractivity contribution in [2.75, 3.05) is 6.54 Å². The van der Waals surface area contributed by atoms with E-state index in [1.165, 1.54) is 0 Å². The van der Waals surface area contributed by atoms with Crippen molar-refractivity contribution < 1.29 is 4.79 Å². The molecule has 17 heavy (non-hydrogen) atoms. The summed E-state index contributed by atoms with van der Waals surface area (Å²) in [5.41, 5.74) is 2.07. The van der Waals surface area contributed by atoms with E-state index in [1.54, 1.807) is 0 Å². The van der Waals surface area contributed by atoms with Crippen LogP contribution in [0, 0.1) is 0 Å². The maximum absolute atomic E-state index is 11.0. The molecule has 0 saturated carbocycles. The van der Waals surface area contributed by atoms with Crippen LogP contribution in [0.15, 0.2) is 24.3 Å². The van der Waals surface area contributed by atoms with E-state index in [1.807, 2.05) is 31.2 Å². The van der Waals surface area contributed by atoms with Crippen molar-refractivity contribution >= 4 is 16.9 Å². The molecule has 1 heterocycles. The van der Waals surface area contributed by atoms with Crippen LogP contribution in [0.1, 0.15) is 25.6 Å². The van der Waals surface area contributed by atoms with E-state index in [0.29, 0.717) is 13.0 Å². The zero-order valence-electron chi connectivity index (χ0n) is 9.99. The van der Waals surface area contributed by atoms with Crippen molar-refractivity contribution in [3.8, 4) is 0 Å². The van der Waals surface area contributed by atoms with Crippen LogP contribution in [0.5, 0.6) is 0 Å². The average Bonchev–Trinajstić information content (AvgIpc) is 2.76. The van der Waals surface area contributed by atoms with E-state index in [-0.39, 0.29) is 5.91 Å². The maximum Gasteiger partial charge on any atom is 0.219 e. The van der Waals surface area contributed by atoms with Crippen molar-refractivity contribution in [3.63, 3.8) is 0 Å². The highest BCUT2D eigenvalue weighted by Crippen LogP contribution is 2.10. The lowest BCUT2D eigenvalue weighted by Gasteiger charge is -2.01. The third-order valence-corrected chi connectivity index (χ3v) is 2.67. The van der Waals surface area contributed by atoms with Gasteiger partial charge < -0.3 is 10.3 Å². The zero-order valence-corrected chi connectivity index (χ0v) is 9.99. The molecular formula is C13H17N3O. The molecule has 0 fully saturated rings. The maximum atomic E-state index is 11.0. The number of aryl methyl sites for hydroxylation is 1. The first-order valence-corrected chi connectivity index (χ1v) is 6.00. The minimum absolute atomic E-state index is 0.106. The van der Waals surface area contributed by atoms with Gasteiger partial charge in [-0.3, -0.25) is 4.79 Å². The number of carbonyl (C=O) groups is 1. The van der Waals surface area contributed by atoms with Crippen molar-refractivity contribution in [1.29, 1.82) is 0 Å². The number of imidazole rings is 1. The summed E-state index contributed by atoms with van der Waals surface area (Å²) < 4.78 is 0. The van der Waals surface area contributed by atoms with Gasteiger partial charge in [-0.1, -0.05) is 19.1 Å². The highest BCUT2D eigenvalue weighted by Gasteiger charge is 2.02. The molecule has 0 aliphatic rings. The molecule has 0 aliphatic heterocycles. The van der Waals surface area contributed by atoms with Crippen molar-refractivity contribution in [2.24, 2.45) is 0 Å². The minimum Gasteiger partial charge on any atom is -0.356 e. The molecule has 0 unspecified atom stereocenters. The van der Waals surface area contributed by atoms with Crippen LogP contribution < -0.4 is 5.32 Å². The molecule has 0 saturated heterocycles. The molecule has 2 N–H and O–H groups in total. The number of para-hydroxylation sites is 2. The number of benzene rings is 1. The van der Waals surface area contributed by atoms with Crippen LogP contribution >= 0.6 is 0 Å². The number of H-pyrrole nitrogens is 1. The molecule has 0 spiro atoms. The molecule has 2 aromatic rings. The summed E-state index contributed by atoms with van der Waals surface area (Å²) in [6.45, 7) is 2.57. The fraction of sp³-hybridized carbons (Fsp3) is 0.385. The molecular weight excluding hydrogens is 214 g/mol. The molecule has 0 atom stereocenters. The lowest BCUT2D eigenvalue weighted by Crippen LogP contribution is -2.23. The summed E-state index contributed by atoms with van der Waals surface area (Å²) in [5, 5.41) is 2.86. The van der Waals surface area contributed by atoms with E-state index in [9.17, 15) is 4.79 Å². The monoisotopic (exact) mass is 231 g/mol. The predicted octanol–water partition coefficient (Wildman–Crippen LogP) is 2.02. The Morgan fingerprint density at radius 2 is 2.24 bits per heavy atom. The molecule has 1 aromatic heterocycles. The Morgan fingerprint density at radius 1 is 1.41 bits per heavy atom. The van der Waals surface area contributed by atoms with Crippen LogP contribution in [-0.4, -0.2) is 22.4 Å². The molecule has 2 rings (SSSR count). The number of hydrogen-bond donors (Lipinski definition) is 2. The van der Waals surface area contributed by atoms with Gasteiger partial charge in [-0.15, -0.1) is 0 Å². The van der Waals surface area contributed by atoms with Crippen LogP contribution in [0.25, 0.3) is 11.0 Å². The Hall–Kier alpha value is -1.84. The lowest BCUT2D eigenvalue weighted by atomic mass is 10.3. The minimum atomic E-state index is 0.106. The van der Waals surface area contributed by atoms with Crippen LogP contribution in [-0.2, 0) is 11.2 Å². The fourth-order valence-electron chi connectivity index (χ4n) is 1.73. The highest BCUT2D eigenvalue weighted by molar-refractivity contribution is 5.75. The van der Waals surface area contributed by atoms with Gasteiger partial charge in [0.25, 0.3) is 0 Å². The SMILES string of the molecule is CCC(=O)NCCCc1nc2ccccc2[nH]1. The van der Waals surface area contributed by atoms with Gasteiger partial charge in [-0.05, 0) is 18.6 Å². The molecule has 0 bridgehead atoms. The van der Waals surface area contributed by atoms with Gasteiger partial charge in [0.1, 0.15) is 5.82 Å². The van der Waals surface area contributed by atoms with Gasteiger partial charge in [0, 0.05) is 19.4 Å². The Bertz CT molecular complexity index is 471. The summed E-state index contributed by atoms with van der Waals surface area (Å²) in [7, 11) is 0. The normalized spacial score (nSPS) is 10.6. The summed E-state index contributed by atoms with van der Waals surface area (Å²) in [4.78, 5) is 18.8. The number of aromatic nitrogens is 2. The fourth-order valence-corrected chi connectivity index (χ4v) is 1.73. The first kappa shape index (κ1) is 11.6. The molecule has 4 nitrogen and oxygen atoms in total. The number of nitrogens with zero attached hydrogens (tertiary/aromatic N) is 1. The van der Waals surface area contributed by atoms with Crippen LogP contribution in [0.4, 0.5) is 0 Å². The second-order valence-electron chi connectivity index (χ2n) is 4.01. The number of carbonyl (C=O) groups excluding carboxylic acids is 1. The third-order valence-electron chi connectivity index (χ3n) is 2.67. The molecule has 90 valence electrons. The summed E-state index contributed by atoms with van der Waals surface area (Å²) in [5.74, 6) is 1.09. The number of rotatable bonds is 5. The van der Waals surface area contributed by atoms with E-state index < -0.39 is 0 Å². The Balaban J connectivity index is 1.85.